The van der Waals surface area contributed by atoms with Crippen LogP contribution >= 0.6 is 0 Å². The van der Waals surface area contributed by atoms with E-state index in [1.165, 1.54) is 18.0 Å². The summed E-state index contributed by atoms with van der Waals surface area (Å²) in [5, 5.41) is 0. The molecule has 176 valence electrons. The lowest BCUT2D eigenvalue weighted by molar-refractivity contribution is 0.122. The van der Waals surface area contributed by atoms with Gasteiger partial charge in [-0.3, -0.25) is 4.57 Å². The standard InChI is InChI=1S/C21H21F2N9O2/c1-30(13-10-24-12-25-11-13)19-27-20(31-6-8-34-9-7-31)29-21(28-19)32-14-4-3-5-15(33-2)16(14)26-18(32)17(22)23/h3-5,10-12,17H,6-9H2,1-2H3. The number of morpholine rings is 1. The van der Waals surface area contributed by atoms with Gasteiger partial charge in [0.15, 0.2) is 5.82 Å². The molecule has 11 nitrogen and oxygen atoms in total. The first kappa shape index (κ1) is 21.8. The minimum Gasteiger partial charge on any atom is -0.494 e. The number of hydrogen-bond acceptors (Lipinski definition) is 10. The zero-order chi connectivity index (χ0) is 23.7. The molecule has 34 heavy (non-hydrogen) atoms. The van der Waals surface area contributed by atoms with Crippen molar-refractivity contribution in [2.45, 2.75) is 6.43 Å². The van der Waals surface area contributed by atoms with Gasteiger partial charge in [0.1, 0.15) is 17.6 Å². The molecule has 4 aromatic rings. The number of methoxy groups -OCH3 is 1. The molecule has 1 aliphatic heterocycles. The average molecular weight is 469 g/mol. The van der Waals surface area contributed by atoms with Crippen LogP contribution in [0.25, 0.3) is 17.0 Å². The van der Waals surface area contributed by atoms with Crippen LogP contribution < -0.4 is 14.5 Å². The number of nitrogens with zero attached hydrogens (tertiary/aromatic N) is 9. The van der Waals surface area contributed by atoms with Gasteiger partial charge < -0.3 is 19.3 Å². The van der Waals surface area contributed by atoms with Gasteiger partial charge in [0, 0.05) is 20.1 Å². The van der Waals surface area contributed by atoms with E-state index in [0.29, 0.717) is 54.7 Å². The van der Waals surface area contributed by atoms with E-state index >= 15 is 0 Å². The summed E-state index contributed by atoms with van der Waals surface area (Å²) in [6.07, 6.45) is 1.75. The van der Waals surface area contributed by atoms with Crippen molar-refractivity contribution < 1.29 is 18.3 Å². The highest BCUT2D eigenvalue weighted by atomic mass is 19.3. The molecule has 0 amide bonds. The Bertz CT molecular complexity index is 1300. The highest BCUT2D eigenvalue weighted by Crippen LogP contribution is 2.32. The van der Waals surface area contributed by atoms with E-state index in [-0.39, 0.29) is 11.9 Å². The Labute approximate surface area is 193 Å². The van der Waals surface area contributed by atoms with Gasteiger partial charge in [0.05, 0.1) is 43.9 Å². The van der Waals surface area contributed by atoms with Crippen LogP contribution in [0.2, 0.25) is 0 Å². The summed E-state index contributed by atoms with van der Waals surface area (Å²) >= 11 is 0. The number of rotatable bonds is 6. The number of imidazole rings is 1. The number of fused-ring (bicyclic) bond motifs is 1. The lowest BCUT2D eigenvalue weighted by Crippen LogP contribution is -2.38. The Hall–Kier alpha value is -4.00. The number of halogens is 2. The first-order chi connectivity index (χ1) is 16.6. The second-order valence-electron chi connectivity index (χ2n) is 7.42. The van der Waals surface area contributed by atoms with Gasteiger partial charge in [-0.15, -0.1) is 0 Å². The minimum absolute atomic E-state index is 0.0150. The van der Waals surface area contributed by atoms with Crippen LogP contribution in [-0.4, -0.2) is 74.9 Å². The Morgan fingerprint density at radius 1 is 1.03 bits per heavy atom. The number of para-hydroxylation sites is 1. The van der Waals surface area contributed by atoms with Crippen LogP contribution in [0, 0.1) is 0 Å². The monoisotopic (exact) mass is 469 g/mol. The molecule has 0 atom stereocenters. The van der Waals surface area contributed by atoms with Gasteiger partial charge in [-0.05, 0) is 12.1 Å². The summed E-state index contributed by atoms with van der Waals surface area (Å²) in [6.45, 7) is 2.13. The highest BCUT2D eigenvalue weighted by Gasteiger charge is 2.26. The molecule has 4 heterocycles. The van der Waals surface area contributed by atoms with E-state index in [2.05, 4.69) is 29.9 Å². The topological polar surface area (TPSA) is 107 Å². The molecule has 3 aromatic heterocycles. The summed E-state index contributed by atoms with van der Waals surface area (Å²) in [6, 6.07) is 5.03. The maximum absolute atomic E-state index is 14.1. The van der Waals surface area contributed by atoms with Gasteiger partial charge in [-0.2, -0.15) is 15.0 Å². The van der Waals surface area contributed by atoms with Gasteiger partial charge in [0.25, 0.3) is 6.43 Å². The van der Waals surface area contributed by atoms with Crippen molar-refractivity contribution in [3.63, 3.8) is 0 Å². The Kier molecular flexibility index (Phi) is 5.84. The van der Waals surface area contributed by atoms with E-state index in [9.17, 15) is 8.78 Å². The Morgan fingerprint density at radius 2 is 1.76 bits per heavy atom. The van der Waals surface area contributed by atoms with E-state index in [1.54, 1.807) is 42.5 Å². The van der Waals surface area contributed by atoms with Crippen molar-refractivity contribution in [2.24, 2.45) is 0 Å². The van der Waals surface area contributed by atoms with Crippen molar-refractivity contribution >= 4 is 28.6 Å². The first-order valence-electron chi connectivity index (χ1n) is 10.5. The second-order valence-corrected chi connectivity index (χ2v) is 7.42. The van der Waals surface area contributed by atoms with Crippen LogP contribution in [0.3, 0.4) is 0 Å². The fourth-order valence-corrected chi connectivity index (χ4v) is 3.69. The summed E-state index contributed by atoms with van der Waals surface area (Å²) in [4.78, 5) is 29.5. The fourth-order valence-electron chi connectivity index (χ4n) is 3.69. The van der Waals surface area contributed by atoms with Crippen molar-refractivity contribution in [1.29, 1.82) is 0 Å². The zero-order valence-corrected chi connectivity index (χ0v) is 18.5. The molecule has 0 N–H and O–H groups in total. The van der Waals surface area contributed by atoms with Crippen molar-refractivity contribution in [3.05, 3.63) is 42.7 Å². The normalized spacial score (nSPS) is 14.1. The molecule has 0 spiro atoms. The number of aromatic nitrogens is 7. The molecule has 1 saturated heterocycles. The third kappa shape index (κ3) is 3.94. The van der Waals surface area contributed by atoms with Crippen LogP contribution in [0.1, 0.15) is 12.2 Å². The summed E-state index contributed by atoms with van der Waals surface area (Å²) in [7, 11) is 3.20. The zero-order valence-electron chi connectivity index (χ0n) is 18.5. The van der Waals surface area contributed by atoms with Crippen molar-refractivity contribution in [2.75, 3.05) is 50.3 Å². The quantitative estimate of drug-likeness (QED) is 0.418. The lowest BCUT2D eigenvalue weighted by atomic mass is 10.3. The van der Waals surface area contributed by atoms with Gasteiger partial charge >= 0.3 is 0 Å². The summed E-state index contributed by atoms with van der Waals surface area (Å²) in [5.41, 5.74) is 1.31. The maximum Gasteiger partial charge on any atom is 0.296 e. The van der Waals surface area contributed by atoms with E-state index in [1.807, 2.05) is 4.90 Å². The number of anilines is 3. The average Bonchev–Trinajstić information content (AvgIpc) is 3.29. The molecule has 1 fully saturated rings. The second kappa shape index (κ2) is 9.09. The number of benzene rings is 1. The maximum atomic E-state index is 14.1. The number of ether oxygens (including phenoxy) is 2. The smallest absolute Gasteiger partial charge is 0.296 e. The molecule has 0 saturated carbocycles. The largest absolute Gasteiger partial charge is 0.494 e. The Morgan fingerprint density at radius 3 is 2.47 bits per heavy atom. The van der Waals surface area contributed by atoms with Crippen molar-refractivity contribution in [3.8, 4) is 11.7 Å². The summed E-state index contributed by atoms with van der Waals surface area (Å²) in [5.74, 6) is 0.485. The molecular formula is C21H21F2N9O2. The van der Waals surface area contributed by atoms with Gasteiger partial charge in [-0.25, -0.2) is 23.7 Å². The van der Waals surface area contributed by atoms with Crippen molar-refractivity contribution in [1.82, 2.24) is 34.5 Å². The molecule has 0 radical (unpaired) electrons. The van der Waals surface area contributed by atoms with Crippen LogP contribution in [0.4, 0.5) is 26.4 Å². The molecule has 1 aliphatic rings. The molecule has 0 aliphatic carbocycles. The first-order valence-corrected chi connectivity index (χ1v) is 10.5. The van der Waals surface area contributed by atoms with Crippen LogP contribution in [0.5, 0.6) is 5.75 Å². The van der Waals surface area contributed by atoms with E-state index in [4.69, 9.17) is 9.47 Å². The van der Waals surface area contributed by atoms with Crippen LogP contribution in [0.15, 0.2) is 36.9 Å². The third-order valence-corrected chi connectivity index (χ3v) is 5.42. The highest BCUT2D eigenvalue weighted by molar-refractivity contribution is 5.84. The molecule has 0 unspecified atom stereocenters. The predicted octanol–water partition coefficient (Wildman–Crippen LogP) is 2.55. The molecule has 13 heteroatoms. The molecule has 1 aromatic carbocycles. The predicted molar refractivity (Wildman–Crippen MR) is 119 cm³/mol. The third-order valence-electron chi connectivity index (χ3n) is 5.42. The summed E-state index contributed by atoms with van der Waals surface area (Å²) < 4.78 is 40.2. The molecular weight excluding hydrogens is 448 g/mol. The SMILES string of the molecule is COc1cccc2c1nc(C(F)F)n2-c1nc(N2CCOCC2)nc(N(C)c2cncnc2)n1. The van der Waals surface area contributed by atoms with E-state index in [0.717, 1.165) is 0 Å². The molecule has 0 bridgehead atoms. The Balaban J connectivity index is 1.72. The van der Waals surface area contributed by atoms with E-state index < -0.39 is 12.2 Å². The lowest BCUT2D eigenvalue weighted by Gasteiger charge is -2.28. The number of hydrogen-bond donors (Lipinski definition) is 0. The van der Waals surface area contributed by atoms with Gasteiger partial charge in [-0.1, -0.05) is 6.07 Å². The number of alkyl halides is 2. The molecule has 5 rings (SSSR count). The van der Waals surface area contributed by atoms with Crippen LogP contribution in [-0.2, 0) is 4.74 Å². The fraction of sp³-hybridized carbons (Fsp3) is 0.333. The minimum atomic E-state index is -2.87. The van der Waals surface area contributed by atoms with Gasteiger partial charge in [0.2, 0.25) is 17.8 Å².